The number of carbonyl (C=O) groups is 1. The summed E-state index contributed by atoms with van der Waals surface area (Å²) >= 11 is 0. The number of hydrogen-bond acceptors (Lipinski definition) is 3. The molecule has 2 N–H and O–H groups in total. The van der Waals surface area contributed by atoms with Crippen LogP contribution in [-0.2, 0) is 7.05 Å². The van der Waals surface area contributed by atoms with Crippen LogP contribution in [-0.4, -0.2) is 27.8 Å². The van der Waals surface area contributed by atoms with Crippen LogP contribution in [0.25, 0.3) is 0 Å². The molecule has 6 nitrogen and oxygen atoms in total. The van der Waals surface area contributed by atoms with Crippen LogP contribution < -0.4 is 10.6 Å². The fourth-order valence-corrected chi connectivity index (χ4v) is 0.573. The molecule has 0 aliphatic rings. The van der Waals surface area contributed by atoms with E-state index < -0.39 is 0 Å². The first-order valence-electron chi connectivity index (χ1n) is 3.06. The Balaban J connectivity index is 2.64. The van der Waals surface area contributed by atoms with E-state index in [2.05, 4.69) is 20.7 Å². The minimum atomic E-state index is -0.305. The number of aromatic nitrogens is 3. The van der Waals surface area contributed by atoms with E-state index in [1.165, 1.54) is 18.1 Å². The summed E-state index contributed by atoms with van der Waals surface area (Å²) in [4.78, 5) is 14.5. The molecule has 0 bridgehead atoms. The van der Waals surface area contributed by atoms with Gasteiger partial charge in [-0.05, 0) is 0 Å². The number of hydrogen-bond donors (Lipinski definition) is 2. The normalized spacial score (nSPS) is 9.27. The van der Waals surface area contributed by atoms with Crippen molar-refractivity contribution in [1.82, 2.24) is 20.1 Å². The Morgan fingerprint density at radius 2 is 2.45 bits per heavy atom. The maximum atomic E-state index is 10.7. The van der Waals surface area contributed by atoms with Crippen LogP contribution in [0.2, 0.25) is 0 Å². The molecule has 0 saturated carbocycles. The molecule has 11 heavy (non-hydrogen) atoms. The van der Waals surface area contributed by atoms with E-state index in [0.717, 1.165) is 0 Å². The van der Waals surface area contributed by atoms with Gasteiger partial charge in [0.25, 0.3) is 0 Å². The molecule has 0 aliphatic carbocycles. The fourth-order valence-electron chi connectivity index (χ4n) is 0.573. The Hall–Kier alpha value is -1.59. The standard InChI is InChI=1S/C5H9N5O/c1-6-5(11)9-4-7-3-8-10(4)2/h3H,1-2H3,(H2,6,7,8,9,11). The summed E-state index contributed by atoms with van der Waals surface area (Å²) in [6.07, 6.45) is 1.37. The molecule has 2 amide bonds. The lowest BCUT2D eigenvalue weighted by Gasteiger charge is -2.00. The maximum absolute atomic E-state index is 10.7. The molecule has 0 spiro atoms. The third-order valence-electron chi connectivity index (χ3n) is 1.16. The maximum Gasteiger partial charge on any atom is 0.321 e. The number of aryl methyl sites for hydroxylation is 1. The van der Waals surface area contributed by atoms with Crippen LogP contribution in [0, 0.1) is 0 Å². The minimum Gasteiger partial charge on any atom is -0.341 e. The van der Waals surface area contributed by atoms with Crippen LogP contribution in [0.5, 0.6) is 0 Å². The monoisotopic (exact) mass is 155 g/mol. The molecule has 1 heterocycles. The molecule has 0 atom stereocenters. The first-order valence-corrected chi connectivity index (χ1v) is 3.06. The van der Waals surface area contributed by atoms with Gasteiger partial charge in [-0.3, -0.25) is 5.32 Å². The highest BCUT2D eigenvalue weighted by molar-refractivity contribution is 5.86. The van der Waals surface area contributed by atoms with Crippen LogP contribution >= 0.6 is 0 Å². The van der Waals surface area contributed by atoms with Crippen LogP contribution in [0.3, 0.4) is 0 Å². The van der Waals surface area contributed by atoms with Gasteiger partial charge in [-0.1, -0.05) is 0 Å². The summed E-state index contributed by atoms with van der Waals surface area (Å²) in [6.45, 7) is 0. The minimum absolute atomic E-state index is 0.305. The van der Waals surface area contributed by atoms with Gasteiger partial charge < -0.3 is 5.32 Å². The number of urea groups is 1. The molecule has 0 saturated heterocycles. The van der Waals surface area contributed by atoms with E-state index in [4.69, 9.17) is 0 Å². The number of amides is 2. The van der Waals surface area contributed by atoms with E-state index in [1.54, 1.807) is 7.05 Å². The lowest BCUT2D eigenvalue weighted by Crippen LogP contribution is -2.26. The third-order valence-corrected chi connectivity index (χ3v) is 1.16. The Labute approximate surface area is 63.6 Å². The van der Waals surface area contributed by atoms with Gasteiger partial charge in [-0.2, -0.15) is 10.1 Å². The quantitative estimate of drug-likeness (QED) is 0.577. The van der Waals surface area contributed by atoms with Gasteiger partial charge in [-0.25, -0.2) is 9.48 Å². The van der Waals surface area contributed by atoms with Crippen LogP contribution in [0.1, 0.15) is 0 Å². The number of carbonyl (C=O) groups excluding carboxylic acids is 1. The van der Waals surface area contributed by atoms with Gasteiger partial charge >= 0.3 is 6.03 Å². The predicted octanol–water partition coefficient (Wildman–Crippen LogP) is -0.434. The number of nitrogens with one attached hydrogen (secondary N) is 2. The molecule has 1 rings (SSSR count). The zero-order valence-electron chi connectivity index (χ0n) is 6.33. The highest BCUT2D eigenvalue weighted by atomic mass is 16.2. The van der Waals surface area contributed by atoms with Crippen LogP contribution in [0.15, 0.2) is 6.33 Å². The van der Waals surface area contributed by atoms with Gasteiger partial charge in [0.1, 0.15) is 6.33 Å². The molecule has 0 radical (unpaired) electrons. The van der Waals surface area contributed by atoms with Gasteiger partial charge in [-0.15, -0.1) is 0 Å². The zero-order chi connectivity index (χ0) is 8.27. The van der Waals surface area contributed by atoms with Crippen molar-refractivity contribution in [2.24, 2.45) is 7.05 Å². The topological polar surface area (TPSA) is 71.8 Å². The fraction of sp³-hybridized carbons (Fsp3) is 0.400. The molecule has 0 aromatic carbocycles. The molecule has 0 fully saturated rings. The van der Waals surface area contributed by atoms with E-state index in [9.17, 15) is 4.79 Å². The van der Waals surface area contributed by atoms with Crippen molar-refractivity contribution in [2.45, 2.75) is 0 Å². The Kier molecular flexibility index (Phi) is 2.05. The van der Waals surface area contributed by atoms with Crippen molar-refractivity contribution in [3.05, 3.63) is 6.33 Å². The molecule has 0 aliphatic heterocycles. The van der Waals surface area contributed by atoms with Gasteiger partial charge in [0.05, 0.1) is 0 Å². The summed E-state index contributed by atoms with van der Waals surface area (Å²) in [6, 6.07) is -0.305. The van der Waals surface area contributed by atoms with Crippen molar-refractivity contribution in [3.8, 4) is 0 Å². The smallest absolute Gasteiger partial charge is 0.321 e. The van der Waals surface area contributed by atoms with Crippen molar-refractivity contribution < 1.29 is 4.79 Å². The molecule has 1 aromatic rings. The average Bonchev–Trinajstić information content (AvgIpc) is 2.37. The van der Waals surface area contributed by atoms with Gasteiger partial charge in [0, 0.05) is 14.1 Å². The Morgan fingerprint density at radius 3 is 2.91 bits per heavy atom. The molecule has 0 unspecified atom stereocenters. The van der Waals surface area contributed by atoms with E-state index in [-0.39, 0.29) is 6.03 Å². The van der Waals surface area contributed by atoms with Gasteiger partial charge in [0.15, 0.2) is 0 Å². The summed E-state index contributed by atoms with van der Waals surface area (Å²) in [7, 11) is 3.23. The van der Waals surface area contributed by atoms with Gasteiger partial charge in [0.2, 0.25) is 5.95 Å². The zero-order valence-corrected chi connectivity index (χ0v) is 6.33. The number of rotatable bonds is 1. The summed E-state index contributed by atoms with van der Waals surface area (Å²) in [5.41, 5.74) is 0. The SMILES string of the molecule is CNC(=O)Nc1ncnn1C. The molecule has 6 heteroatoms. The second-order valence-electron chi connectivity index (χ2n) is 1.91. The molecular weight excluding hydrogens is 146 g/mol. The van der Waals surface area contributed by atoms with Crippen molar-refractivity contribution in [2.75, 3.05) is 12.4 Å². The Morgan fingerprint density at radius 1 is 1.73 bits per heavy atom. The van der Waals surface area contributed by atoms with E-state index >= 15 is 0 Å². The molecular formula is C5H9N5O. The second kappa shape index (κ2) is 3.00. The van der Waals surface area contributed by atoms with E-state index in [0.29, 0.717) is 5.95 Å². The lowest BCUT2D eigenvalue weighted by molar-refractivity contribution is 0.253. The Bertz CT molecular complexity index is 255. The average molecular weight is 155 g/mol. The highest BCUT2D eigenvalue weighted by Gasteiger charge is 2.02. The number of anilines is 1. The van der Waals surface area contributed by atoms with Crippen molar-refractivity contribution in [1.29, 1.82) is 0 Å². The largest absolute Gasteiger partial charge is 0.341 e. The predicted molar refractivity (Wildman–Crippen MR) is 39.1 cm³/mol. The summed E-state index contributed by atoms with van der Waals surface area (Å²) in [5.74, 6) is 0.421. The summed E-state index contributed by atoms with van der Waals surface area (Å²) < 4.78 is 1.47. The third kappa shape index (κ3) is 1.66. The summed E-state index contributed by atoms with van der Waals surface area (Å²) in [5, 5.41) is 8.65. The number of nitrogens with zero attached hydrogens (tertiary/aromatic N) is 3. The first-order chi connectivity index (χ1) is 5.24. The highest BCUT2D eigenvalue weighted by Crippen LogP contribution is 1.95. The van der Waals surface area contributed by atoms with Crippen molar-refractivity contribution in [3.63, 3.8) is 0 Å². The van der Waals surface area contributed by atoms with Crippen LogP contribution in [0.4, 0.5) is 10.7 Å². The molecule has 60 valence electrons. The van der Waals surface area contributed by atoms with E-state index in [1.807, 2.05) is 0 Å². The lowest BCUT2D eigenvalue weighted by atomic mass is 10.8. The molecule has 1 aromatic heterocycles. The first kappa shape index (κ1) is 7.52. The second-order valence-corrected chi connectivity index (χ2v) is 1.91. The van der Waals surface area contributed by atoms with Crippen molar-refractivity contribution >= 4 is 12.0 Å².